The average Bonchev–Trinajstić information content (AvgIpc) is 2.65. The molecule has 28 heavy (non-hydrogen) atoms. The highest BCUT2D eigenvalue weighted by Crippen LogP contribution is 2.15. The Labute approximate surface area is 163 Å². The van der Waals surface area contributed by atoms with E-state index in [4.69, 9.17) is 9.47 Å². The highest BCUT2D eigenvalue weighted by atomic mass is 32.2. The van der Waals surface area contributed by atoms with Gasteiger partial charge in [-0.3, -0.25) is 4.79 Å². The fourth-order valence-corrected chi connectivity index (χ4v) is 3.82. The fraction of sp³-hybridized carbons (Fsp3) is 0.389. The van der Waals surface area contributed by atoms with Crippen LogP contribution in [0.2, 0.25) is 0 Å². The van der Waals surface area contributed by atoms with Crippen molar-refractivity contribution in [2.45, 2.75) is 31.2 Å². The Kier molecular flexibility index (Phi) is 7.16. The molecule has 1 aromatic carbocycles. The predicted molar refractivity (Wildman–Crippen MR) is 98.9 cm³/mol. The zero-order chi connectivity index (χ0) is 20.7. The maximum absolute atomic E-state index is 12.2. The Morgan fingerprint density at radius 2 is 1.82 bits per heavy atom. The summed E-state index contributed by atoms with van der Waals surface area (Å²) in [5.74, 6) is -1.82. The highest BCUT2D eigenvalue weighted by Gasteiger charge is 2.30. The second-order valence-corrected chi connectivity index (χ2v) is 8.08. The largest absolute Gasteiger partial charge is 0.463 e. The van der Waals surface area contributed by atoms with Crippen LogP contribution in [0.1, 0.15) is 20.3 Å². The van der Waals surface area contributed by atoms with Gasteiger partial charge in [-0.1, -0.05) is 18.2 Å². The van der Waals surface area contributed by atoms with Crippen LogP contribution < -0.4 is 10.6 Å². The molecule has 2 N–H and O–H groups in total. The van der Waals surface area contributed by atoms with Crippen LogP contribution >= 0.6 is 0 Å². The smallest absolute Gasteiger partial charge is 0.338 e. The number of carbonyl (C=O) groups excluding carboxylic acids is 3. The minimum absolute atomic E-state index is 0.106. The monoisotopic (exact) mass is 410 g/mol. The third kappa shape index (κ3) is 5.56. The lowest BCUT2D eigenvalue weighted by molar-refractivity contribution is -0.143. The standard InChI is InChI=1S/C18H22N2O7S/c1-3-26-17(22)16-12(2)19-18(23)20-14(16)11-27-15(21)9-10-28(24,25)13-7-5-4-6-8-13/h4-8,12H,3,9-11H2,1-2H3,(H2,19,20,23). The first-order valence-electron chi connectivity index (χ1n) is 8.65. The summed E-state index contributed by atoms with van der Waals surface area (Å²) in [7, 11) is -3.61. The molecule has 0 saturated carbocycles. The maximum atomic E-state index is 12.2. The van der Waals surface area contributed by atoms with Gasteiger partial charge in [0.2, 0.25) is 0 Å². The van der Waals surface area contributed by atoms with Crippen molar-refractivity contribution in [1.82, 2.24) is 10.6 Å². The Bertz CT molecular complexity index is 878. The van der Waals surface area contributed by atoms with Crippen LogP contribution in [0.25, 0.3) is 0 Å². The van der Waals surface area contributed by atoms with E-state index in [0.29, 0.717) is 0 Å². The molecule has 1 heterocycles. The van der Waals surface area contributed by atoms with Gasteiger partial charge < -0.3 is 20.1 Å². The molecule has 0 fully saturated rings. The van der Waals surface area contributed by atoms with Crippen molar-refractivity contribution in [2.24, 2.45) is 0 Å². The lowest BCUT2D eigenvalue weighted by atomic mass is 10.0. The third-order valence-corrected chi connectivity index (χ3v) is 5.65. The van der Waals surface area contributed by atoms with Crippen molar-refractivity contribution in [3.8, 4) is 0 Å². The normalized spacial score (nSPS) is 16.8. The van der Waals surface area contributed by atoms with Gasteiger partial charge in [-0.05, 0) is 26.0 Å². The fourth-order valence-electron chi connectivity index (χ4n) is 2.58. The van der Waals surface area contributed by atoms with Gasteiger partial charge in [0.25, 0.3) is 0 Å². The number of amides is 2. The SMILES string of the molecule is CCOC(=O)C1=C(COC(=O)CCS(=O)(=O)c2ccccc2)NC(=O)NC1C. The first kappa shape index (κ1) is 21.4. The van der Waals surface area contributed by atoms with Crippen molar-refractivity contribution in [3.05, 3.63) is 41.6 Å². The van der Waals surface area contributed by atoms with Crippen LogP contribution in [0.5, 0.6) is 0 Å². The van der Waals surface area contributed by atoms with Crippen molar-refractivity contribution in [1.29, 1.82) is 0 Å². The number of ether oxygens (including phenoxy) is 2. The van der Waals surface area contributed by atoms with Crippen molar-refractivity contribution >= 4 is 27.8 Å². The number of urea groups is 1. The predicted octanol–water partition coefficient (Wildman–Crippen LogP) is 0.912. The van der Waals surface area contributed by atoms with Crippen LogP contribution in [-0.2, 0) is 28.9 Å². The van der Waals surface area contributed by atoms with Crippen LogP contribution in [0.3, 0.4) is 0 Å². The maximum Gasteiger partial charge on any atom is 0.338 e. The molecule has 2 amide bonds. The molecule has 10 heteroatoms. The summed E-state index contributed by atoms with van der Waals surface area (Å²) < 4.78 is 34.4. The molecular weight excluding hydrogens is 388 g/mol. The van der Waals surface area contributed by atoms with Crippen LogP contribution in [0, 0.1) is 0 Å². The van der Waals surface area contributed by atoms with Crippen LogP contribution in [0.15, 0.2) is 46.5 Å². The van der Waals surface area contributed by atoms with Crippen molar-refractivity contribution < 1.29 is 32.3 Å². The van der Waals surface area contributed by atoms with Crippen LogP contribution in [0.4, 0.5) is 4.79 Å². The van der Waals surface area contributed by atoms with E-state index in [1.54, 1.807) is 32.0 Å². The van der Waals surface area contributed by atoms with Crippen molar-refractivity contribution in [2.75, 3.05) is 19.0 Å². The number of esters is 2. The number of nitrogens with one attached hydrogen (secondary N) is 2. The third-order valence-electron chi connectivity index (χ3n) is 3.92. The van der Waals surface area contributed by atoms with E-state index in [-0.39, 0.29) is 35.8 Å². The first-order valence-corrected chi connectivity index (χ1v) is 10.3. The van der Waals surface area contributed by atoms with Gasteiger partial charge in [0.1, 0.15) is 6.61 Å². The first-order chi connectivity index (χ1) is 13.2. The lowest BCUT2D eigenvalue weighted by Crippen LogP contribution is -2.50. The van der Waals surface area contributed by atoms with Crippen molar-refractivity contribution in [3.63, 3.8) is 0 Å². The molecule has 1 atom stereocenters. The Balaban J connectivity index is 2.00. The number of hydrogen-bond donors (Lipinski definition) is 2. The summed E-state index contributed by atoms with van der Waals surface area (Å²) in [6.07, 6.45) is -0.360. The zero-order valence-electron chi connectivity index (χ0n) is 15.6. The molecule has 152 valence electrons. The molecule has 2 rings (SSSR count). The summed E-state index contributed by atoms with van der Waals surface area (Å²) in [6, 6.07) is 6.60. The molecule has 0 bridgehead atoms. The van der Waals surface area contributed by atoms with Gasteiger partial charge in [0.15, 0.2) is 9.84 Å². The van der Waals surface area contributed by atoms with E-state index in [1.807, 2.05) is 0 Å². The molecule has 1 aromatic rings. The van der Waals surface area contributed by atoms with E-state index in [9.17, 15) is 22.8 Å². The molecule has 0 saturated heterocycles. The summed E-state index contributed by atoms with van der Waals surface area (Å²) in [6.45, 7) is 3.01. The molecular formula is C18H22N2O7S. The molecule has 0 radical (unpaired) electrons. The second kappa shape index (κ2) is 9.36. The van der Waals surface area contributed by atoms with Gasteiger partial charge >= 0.3 is 18.0 Å². The van der Waals surface area contributed by atoms with Gasteiger partial charge in [-0.2, -0.15) is 0 Å². The molecule has 1 unspecified atom stereocenters. The van der Waals surface area contributed by atoms with Gasteiger partial charge in [-0.15, -0.1) is 0 Å². The Hall–Kier alpha value is -2.88. The van der Waals surface area contributed by atoms with Crippen LogP contribution in [-0.4, -0.2) is 51.4 Å². The number of hydrogen-bond acceptors (Lipinski definition) is 7. The number of rotatable bonds is 8. The summed E-state index contributed by atoms with van der Waals surface area (Å²) >= 11 is 0. The molecule has 1 aliphatic rings. The number of sulfone groups is 1. The van der Waals surface area contributed by atoms with E-state index in [2.05, 4.69) is 10.6 Å². The lowest BCUT2D eigenvalue weighted by Gasteiger charge is -2.26. The minimum Gasteiger partial charge on any atom is -0.463 e. The summed E-state index contributed by atoms with van der Waals surface area (Å²) in [5.41, 5.74) is 0.250. The minimum atomic E-state index is -3.61. The average molecular weight is 410 g/mol. The topological polar surface area (TPSA) is 128 Å². The summed E-state index contributed by atoms with van der Waals surface area (Å²) in [4.78, 5) is 35.8. The van der Waals surface area contributed by atoms with Gasteiger partial charge in [0.05, 0.1) is 41.0 Å². The number of carbonyl (C=O) groups is 3. The number of benzene rings is 1. The molecule has 9 nitrogen and oxygen atoms in total. The second-order valence-electron chi connectivity index (χ2n) is 5.98. The molecule has 0 aliphatic carbocycles. The van der Waals surface area contributed by atoms with Gasteiger partial charge in [-0.25, -0.2) is 18.0 Å². The molecule has 0 spiro atoms. The highest BCUT2D eigenvalue weighted by molar-refractivity contribution is 7.91. The zero-order valence-corrected chi connectivity index (χ0v) is 16.4. The Morgan fingerprint density at radius 3 is 2.46 bits per heavy atom. The van der Waals surface area contributed by atoms with E-state index < -0.39 is 39.6 Å². The quantitative estimate of drug-likeness (QED) is 0.610. The molecule has 1 aliphatic heterocycles. The van der Waals surface area contributed by atoms with Gasteiger partial charge in [0, 0.05) is 0 Å². The van der Waals surface area contributed by atoms with E-state index >= 15 is 0 Å². The molecule has 0 aromatic heterocycles. The van der Waals surface area contributed by atoms with E-state index in [0.717, 1.165) is 0 Å². The summed E-state index contributed by atoms with van der Waals surface area (Å²) in [5, 5.41) is 4.94. The van der Waals surface area contributed by atoms with E-state index in [1.165, 1.54) is 12.1 Å². The Morgan fingerprint density at radius 1 is 1.14 bits per heavy atom.